The predicted octanol–water partition coefficient (Wildman–Crippen LogP) is 1.26. The number of carbonyl (C=O) groups is 1. The maximum absolute atomic E-state index is 11.9. The largest absolute Gasteiger partial charge is 0.356 e. The molecule has 0 radical (unpaired) electrons. The van der Waals surface area contributed by atoms with Crippen LogP contribution in [0.25, 0.3) is 0 Å². The summed E-state index contributed by atoms with van der Waals surface area (Å²) in [6, 6.07) is 5.16. The number of hydrogen-bond acceptors (Lipinski definition) is 4. The quantitative estimate of drug-likeness (QED) is 0.872. The molecule has 2 N–H and O–H groups in total. The fraction of sp³-hybridized carbons (Fsp3) is 0.250. The van der Waals surface area contributed by atoms with Gasteiger partial charge in [0.25, 0.3) is 5.91 Å². The maximum Gasteiger partial charge on any atom is 0.268 e. The molecule has 2 aromatic heterocycles. The highest BCUT2D eigenvalue weighted by Gasteiger charge is 2.20. The lowest BCUT2D eigenvalue weighted by Crippen LogP contribution is -2.23. The zero-order chi connectivity index (χ0) is 14.8. The molecular formula is C12H15N3O3S2. The van der Waals surface area contributed by atoms with Gasteiger partial charge in [0, 0.05) is 25.2 Å². The summed E-state index contributed by atoms with van der Waals surface area (Å²) >= 11 is 1.55. The summed E-state index contributed by atoms with van der Waals surface area (Å²) in [4.78, 5) is 15.7. The Labute approximate surface area is 121 Å². The van der Waals surface area contributed by atoms with Gasteiger partial charge in [-0.1, -0.05) is 6.07 Å². The van der Waals surface area contributed by atoms with Crippen LogP contribution in [-0.4, -0.2) is 37.7 Å². The van der Waals surface area contributed by atoms with Crippen molar-refractivity contribution in [3.05, 3.63) is 40.3 Å². The fourth-order valence-corrected chi connectivity index (χ4v) is 3.08. The van der Waals surface area contributed by atoms with Gasteiger partial charge < -0.3 is 10.3 Å². The van der Waals surface area contributed by atoms with Crippen molar-refractivity contribution in [3.63, 3.8) is 0 Å². The van der Waals surface area contributed by atoms with Crippen molar-refractivity contribution in [1.29, 1.82) is 0 Å². The van der Waals surface area contributed by atoms with Gasteiger partial charge in [0.2, 0.25) is 10.0 Å². The molecule has 0 saturated heterocycles. The van der Waals surface area contributed by atoms with Crippen LogP contribution in [0.1, 0.15) is 15.4 Å². The van der Waals surface area contributed by atoms with E-state index in [9.17, 15) is 13.2 Å². The third-order valence-electron chi connectivity index (χ3n) is 2.68. The Bertz CT molecular complexity index is 687. The van der Waals surface area contributed by atoms with Crippen molar-refractivity contribution in [2.24, 2.45) is 0 Å². The molecule has 2 heterocycles. The van der Waals surface area contributed by atoms with E-state index < -0.39 is 10.0 Å². The topological polar surface area (TPSA) is 82.3 Å². The summed E-state index contributed by atoms with van der Waals surface area (Å²) in [5.74, 6) is -0.335. The summed E-state index contributed by atoms with van der Waals surface area (Å²) < 4.78 is 24.9. The van der Waals surface area contributed by atoms with Crippen LogP contribution in [0.15, 0.2) is 34.7 Å². The highest BCUT2D eigenvalue weighted by atomic mass is 32.2. The first-order valence-corrected chi connectivity index (χ1v) is 8.15. The molecule has 6 nitrogen and oxygen atoms in total. The molecule has 0 bridgehead atoms. The van der Waals surface area contributed by atoms with Gasteiger partial charge in [0.1, 0.15) is 10.6 Å². The van der Waals surface area contributed by atoms with Crippen molar-refractivity contribution < 1.29 is 13.2 Å². The van der Waals surface area contributed by atoms with Gasteiger partial charge in [-0.05, 0) is 17.5 Å². The summed E-state index contributed by atoms with van der Waals surface area (Å²) in [5, 5.41) is 4.66. The van der Waals surface area contributed by atoms with Crippen molar-refractivity contribution >= 4 is 27.3 Å². The van der Waals surface area contributed by atoms with Crippen LogP contribution < -0.4 is 5.32 Å². The van der Waals surface area contributed by atoms with E-state index >= 15 is 0 Å². The molecule has 0 aliphatic rings. The smallest absolute Gasteiger partial charge is 0.268 e. The monoisotopic (exact) mass is 313 g/mol. The summed E-state index contributed by atoms with van der Waals surface area (Å²) in [6.45, 7) is 0.422. The lowest BCUT2D eigenvalue weighted by atomic mass is 10.4. The standard InChI is InChI=1S/C12H15N3O3S2/c1-15(2)20(17,18)10-6-11(13-8-10)12(16)14-7-9-4-3-5-19-9/h3-6,8,13H,7H2,1-2H3,(H,14,16). The first-order chi connectivity index (χ1) is 9.41. The van der Waals surface area contributed by atoms with Crippen molar-refractivity contribution in [1.82, 2.24) is 14.6 Å². The van der Waals surface area contributed by atoms with Crippen LogP contribution >= 0.6 is 11.3 Å². The van der Waals surface area contributed by atoms with E-state index in [1.807, 2.05) is 17.5 Å². The molecule has 20 heavy (non-hydrogen) atoms. The summed E-state index contributed by atoms with van der Waals surface area (Å²) in [6.07, 6.45) is 1.31. The fourth-order valence-electron chi connectivity index (χ4n) is 1.54. The molecular weight excluding hydrogens is 298 g/mol. The molecule has 0 saturated carbocycles. The lowest BCUT2D eigenvalue weighted by Gasteiger charge is -2.08. The van der Waals surface area contributed by atoms with Crippen LogP contribution in [0, 0.1) is 0 Å². The average molecular weight is 313 g/mol. The Kier molecular flexibility index (Phi) is 4.26. The molecule has 0 fully saturated rings. The van der Waals surface area contributed by atoms with Crippen LogP contribution in [0.2, 0.25) is 0 Å². The third-order valence-corrected chi connectivity index (χ3v) is 5.35. The maximum atomic E-state index is 11.9. The molecule has 1 amide bonds. The third kappa shape index (κ3) is 3.09. The minimum atomic E-state index is -3.52. The number of sulfonamides is 1. The van der Waals surface area contributed by atoms with Gasteiger partial charge in [-0.15, -0.1) is 11.3 Å². The van der Waals surface area contributed by atoms with Crippen molar-refractivity contribution in [2.45, 2.75) is 11.4 Å². The van der Waals surface area contributed by atoms with Gasteiger partial charge in [-0.2, -0.15) is 0 Å². The van der Waals surface area contributed by atoms with Crippen molar-refractivity contribution in [2.75, 3.05) is 14.1 Å². The molecule has 0 unspecified atom stereocenters. The Morgan fingerprint density at radius 3 is 2.80 bits per heavy atom. The van der Waals surface area contributed by atoms with Crippen LogP contribution in [-0.2, 0) is 16.6 Å². The Morgan fingerprint density at radius 2 is 2.20 bits per heavy atom. The molecule has 0 atom stereocenters. The van der Waals surface area contributed by atoms with Gasteiger partial charge in [0.05, 0.1) is 6.54 Å². The second-order valence-electron chi connectivity index (χ2n) is 4.30. The van der Waals surface area contributed by atoms with Crippen molar-refractivity contribution in [3.8, 4) is 0 Å². The molecule has 0 spiro atoms. The first kappa shape index (κ1) is 14.8. The normalized spacial score (nSPS) is 11.8. The zero-order valence-electron chi connectivity index (χ0n) is 11.1. The van der Waals surface area contributed by atoms with E-state index in [0.717, 1.165) is 9.18 Å². The Hall–Kier alpha value is -1.64. The molecule has 108 valence electrons. The van der Waals surface area contributed by atoms with E-state index in [1.54, 1.807) is 11.3 Å². The van der Waals surface area contributed by atoms with E-state index in [-0.39, 0.29) is 16.5 Å². The van der Waals surface area contributed by atoms with Gasteiger partial charge in [-0.3, -0.25) is 4.79 Å². The number of thiophene rings is 1. The number of nitrogens with one attached hydrogen (secondary N) is 2. The van der Waals surface area contributed by atoms with Gasteiger partial charge >= 0.3 is 0 Å². The van der Waals surface area contributed by atoms with E-state index in [0.29, 0.717) is 6.54 Å². The number of aromatic amines is 1. The summed E-state index contributed by atoms with van der Waals surface area (Å²) in [7, 11) is -0.637. The first-order valence-electron chi connectivity index (χ1n) is 5.83. The van der Waals surface area contributed by atoms with E-state index in [4.69, 9.17) is 0 Å². The summed E-state index contributed by atoms with van der Waals surface area (Å²) in [5.41, 5.74) is 0.224. The highest BCUT2D eigenvalue weighted by Crippen LogP contribution is 2.14. The number of aromatic nitrogens is 1. The Balaban J connectivity index is 2.07. The predicted molar refractivity (Wildman–Crippen MR) is 77.2 cm³/mol. The average Bonchev–Trinajstić information content (AvgIpc) is 3.07. The van der Waals surface area contributed by atoms with Gasteiger partial charge in [0.15, 0.2) is 0 Å². The van der Waals surface area contributed by atoms with E-state index in [1.165, 1.54) is 26.4 Å². The number of amides is 1. The molecule has 0 aromatic carbocycles. The van der Waals surface area contributed by atoms with Crippen LogP contribution in [0.4, 0.5) is 0 Å². The number of nitrogens with zero attached hydrogens (tertiary/aromatic N) is 1. The highest BCUT2D eigenvalue weighted by molar-refractivity contribution is 7.89. The second-order valence-corrected chi connectivity index (χ2v) is 7.48. The molecule has 2 aromatic rings. The molecule has 2 rings (SSSR count). The van der Waals surface area contributed by atoms with Gasteiger partial charge in [-0.25, -0.2) is 12.7 Å². The molecule has 0 aliphatic carbocycles. The SMILES string of the molecule is CN(C)S(=O)(=O)c1c[nH]c(C(=O)NCc2cccs2)c1. The molecule has 0 aliphatic heterocycles. The minimum absolute atomic E-state index is 0.0729. The lowest BCUT2D eigenvalue weighted by molar-refractivity contribution is 0.0947. The number of carbonyl (C=O) groups excluding carboxylic acids is 1. The molecule has 8 heteroatoms. The van der Waals surface area contributed by atoms with Crippen LogP contribution in [0.5, 0.6) is 0 Å². The van der Waals surface area contributed by atoms with Crippen LogP contribution in [0.3, 0.4) is 0 Å². The Morgan fingerprint density at radius 1 is 1.45 bits per heavy atom. The van der Waals surface area contributed by atoms with E-state index in [2.05, 4.69) is 10.3 Å². The number of rotatable bonds is 5. The zero-order valence-corrected chi connectivity index (χ0v) is 12.7. The number of hydrogen-bond donors (Lipinski definition) is 2. The minimum Gasteiger partial charge on any atom is -0.356 e. The second kappa shape index (κ2) is 5.78. The number of H-pyrrole nitrogens is 1.